The molecule has 66 valence electrons. The second-order valence-electron chi connectivity index (χ2n) is 1.93. The molecule has 0 aliphatic carbocycles. The van der Waals surface area contributed by atoms with Gasteiger partial charge in [0.2, 0.25) is 0 Å². The van der Waals surface area contributed by atoms with Crippen LogP contribution in [-0.2, 0) is 0 Å². The molecule has 1 nitrogen and oxygen atoms in total. The van der Waals surface area contributed by atoms with Crippen molar-refractivity contribution < 1.29 is 13.2 Å². The van der Waals surface area contributed by atoms with E-state index in [9.17, 15) is 13.2 Å². The molecule has 0 spiro atoms. The zero-order chi connectivity index (χ0) is 9.30. The monoisotopic (exact) mass is 259 g/mol. The molecule has 6 heteroatoms. The first-order valence-electron chi connectivity index (χ1n) is 2.81. The van der Waals surface area contributed by atoms with Crippen molar-refractivity contribution in [1.82, 2.24) is 4.98 Å². The number of hydrogen-bond acceptors (Lipinski definition) is 1. The lowest BCUT2D eigenvalue weighted by molar-refractivity contribution is 0.150. The second-order valence-corrected chi connectivity index (χ2v) is 3.06. The van der Waals surface area contributed by atoms with E-state index in [2.05, 4.69) is 20.9 Å². The van der Waals surface area contributed by atoms with Gasteiger partial charge in [0.15, 0.2) is 5.82 Å². The summed E-state index contributed by atoms with van der Waals surface area (Å²) >= 11 is 7.98. The summed E-state index contributed by atoms with van der Waals surface area (Å²) in [6, 6.07) is 0. The Hall–Kier alpha value is -0.290. The largest absolute Gasteiger partial charge is 0.266 e. The first-order chi connectivity index (χ1) is 5.54. The van der Waals surface area contributed by atoms with Gasteiger partial charge in [-0.05, 0) is 15.9 Å². The molecule has 0 atom stereocenters. The summed E-state index contributed by atoms with van der Waals surface area (Å²) < 4.78 is 36.7. The van der Waals surface area contributed by atoms with E-state index < -0.39 is 22.8 Å². The SMILES string of the molecule is Fc1c(Br)ncc(C(F)F)c1Cl. The normalized spacial score (nSPS) is 10.8. The molecule has 0 radical (unpaired) electrons. The minimum Gasteiger partial charge on any atom is -0.246 e. The summed E-state index contributed by atoms with van der Waals surface area (Å²) in [5.74, 6) is -0.963. The number of pyridine rings is 1. The van der Waals surface area contributed by atoms with Crippen molar-refractivity contribution in [3.05, 3.63) is 27.2 Å². The third kappa shape index (κ3) is 1.72. The van der Waals surface area contributed by atoms with E-state index in [0.29, 0.717) is 0 Å². The summed E-state index contributed by atoms with van der Waals surface area (Å²) in [6.45, 7) is 0. The highest BCUT2D eigenvalue weighted by Gasteiger charge is 2.17. The number of nitrogens with zero attached hydrogens (tertiary/aromatic N) is 1. The van der Waals surface area contributed by atoms with Gasteiger partial charge in [0.25, 0.3) is 6.43 Å². The molecular weight excluding hydrogens is 258 g/mol. The van der Waals surface area contributed by atoms with Crippen molar-refractivity contribution in [2.45, 2.75) is 6.43 Å². The highest BCUT2D eigenvalue weighted by Crippen LogP contribution is 2.30. The number of hydrogen-bond donors (Lipinski definition) is 0. The Labute approximate surface area is 79.7 Å². The van der Waals surface area contributed by atoms with E-state index >= 15 is 0 Å². The molecule has 0 aromatic carbocycles. The zero-order valence-electron chi connectivity index (χ0n) is 5.49. The van der Waals surface area contributed by atoms with Crippen LogP contribution in [0.25, 0.3) is 0 Å². The summed E-state index contributed by atoms with van der Waals surface area (Å²) in [5.41, 5.74) is -0.600. The highest BCUT2D eigenvalue weighted by molar-refractivity contribution is 9.10. The number of rotatable bonds is 1. The van der Waals surface area contributed by atoms with Crippen molar-refractivity contribution >= 4 is 27.5 Å². The summed E-state index contributed by atoms with van der Waals surface area (Å²) in [6.07, 6.45) is -1.98. The maximum atomic E-state index is 12.8. The lowest BCUT2D eigenvalue weighted by Gasteiger charge is -2.03. The predicted molar refractivity (Wildman–Crippen MR) is 41.9 cm³/mol. The molecule has 0 aliphatic rings. The van der Waals surface area contributed by atoms with Gasteiger partial charge in [-0.3, -0.25) is 0 Å². The van der Waals surface area contributed by atoms with E-state index in [1.807, 2.05) is 0 Å². The van der Waals surface area contributed by atoms with Crippen LogP contribution in [0.1, 0.15) is 12.0 Å². The van der Waals surface area contributed by atoms with E-state index in [-0.39, 0.29) is 4.60 Å². The molecule has 0 fully saturated rings. The van der Waals surface area contributed by atoms with Gasteiger partial charge in [0.05, 0.1) is 10.6 Å². The Balaban J connectivity index is 3.27. The number of alkyl halides is 2. The minimum atomic E-state index is -2.81. The maximum Gasteiger partial charge on any atom is 0.266 e. The van der Waals surface area contributed by atoms with Crippen molar-refractivity contribution in [1.29, 1.82) is 0 Å². The first-order valence-corrected chi connectivity index (χ1v) is 3.98. The molecule has 0 bridgehead atoms. The smallest absolute Gasteiger partial charge is 0.246 e. The minimum absolute atomic E-state index is 0.170. The predicted octanol–water partition coefficient (Wildman–Crippen LogP) is 3.57. The quantitative estimate of drug-likeness (QED) is 0.703. The van der Waals surface area contributed by atoms with Crippen LogP contribution in [0, 0.1) is 5.82 Å². The van der Waals surface area contributed by atoms with E-state index in [4.69, 9.17) is 11.6 Å². The van der Waals surface area contributed by atoms with E-state index in [0.717, 1.165) is 6.20 Å². The van der Waals surface area contributed by atoms with Crippen LogP contribution in [0.3, 0.4) is 0 Å². The summed E-state index contributed by atoms with van der Waals surface area (Å²) in [4.78, 5) is 3.34. The fourth-order valence-electron chi connectivity index (χ4n) is 0.609. The lowest BCUT2D eigenvalue weighted by Crippen LogP contribution is -1.93. The van der Waals surface area contributed by atoms with Gasteiger partial charge >= 0.3 is 0 Å². The van der Waals surface area contributed by atoms with Crippen LogP contribution >= 0.6 is 27.5 Å². The molecule has 12 heavy (non-hydrogen) atoms. The molecule has 1 heterocycles. The standard InChI is InChI=1S/C6H2BrClF3N/c7-5-4(9)3(8)2(1-12-5)6(10)11/h1,6H. The van der Waals surface area contributed by atoms with Gasteiger partial charge < -0.3 is 0 Å². The third-order valence-electron chi connectivity index (χ3n) is 1.18. The van der Waals surface area contributed by atoms with Gasteiger partial charge in [-0.1, -0.05) is 11.6 Å². The highest BCUT2D eigenvalue weighted by atomic mass is 79.9. The van der Waals surface area contributed by atoms with Crippen LogP contribution in [0.4, 0.5) is 13.2 Å². The average molecular weight is 260 g/mol. The Morgan fingerprint density at radius 2 is 2.08 bits per heavy atom. The zero-order valence-corrected chi connectivity index (χ0v) is 7.83. The molecule has 0 N–H and O–H groups in total. The fraction of sp³-hybridized carbons (Fsp3) is 0.167. The Morgan fingerprint density at radius 1 is 1.50 bits per heavy atom. The molecule has 0 saturated carbocycles. The van der Waals surface area contributed by atoms with Crippen LogP contribution in [0.15, 0.2) is 10.8 Å². The van der Waals surface area contributed by atoms with Crippen molar-refractivity contribution in [2.75, 3.05) is 0 Å². The molecule has 1 aromatic rings. The van der Waals surface area contributed by atoms with Crippen LogP contribution < -0.4 is 0 Å². The van der Waals surface area contributed by atoms with E-state index in [1.165, 1.54) is 0 Å². The van der Waals surface area contributed by atoms with Gasteiger partial charge in [0, 0.05) is 6.20 Å². The third-order valence-corrected chi connectivity index (χ3v) is 2.12. The van der Waals surface area contributed by atoms with E-state index in [1.54, 1.807) is 0 Å². The molecule has 0 saturated heterocycles. The topological polar surface area (TPSA) is 12.9 Å². The van der Waals surface area contributed by atoms with Crippen molar-refractivity contribution in [3.63, 3.8) is 0 Å². The maximum absolute atomic E-state index is 12.8. The molecule has 0 aliphatic heterocycles. The van der Waals surface area contributed by atoms with Crippen LogP contribution in [-0.4, -0.2) is 4.98 Å². The fourth-order valence-corrected chi connectivity index (χ4v) is 1.24. The Morgan fingerprint density at radius 3 is 2.58 bits per heavy atom. The first kappa shape index (κ1) is 9.80. The van der Waals surface area contributed by atoms with Crippen molar-refractivity contribution in [3.8, 4) is 0 Å². The summed E-state index contributed by atoms with van der Waals surface area (Å²) in [5, 5.41) is -0.591. The lowest BCUT2D eigenvalue weighted by atomic mass is 10.3. The molecule has 1 aromatic heterocycles. The average Bonchev–Trinajstić information content (AvgIpc) is 2.00. The van der Waals surface area contributed by atoms with Gasteiger partial charge in [-0.2, -0.15) is 0 Å². The molecular formula is C6H2BrClF3N. The molecule has 0 amide bonds. The van der Waals surface area contributed by atoms with Crippen molar-refractivity contribution in [2.24, 2.45) is 0 Å². The molecule has 0 unspecified atom stereocenters. The number of aromatic nitrogens is 1. The van der Waals surface area contributed by atoms with Gasteiger partial charge in [0.1, 0.15) is 4.60 Å². The second kappa shape index (κ2) is 3.62. The Bertz CT molecular complexity index is 305. The van der Waals surface area contributed by atoms with Gasteiger partial charge in [-0.15, -0.1) is 0 Å². The Kier molecular flexibility index (Phi) is 2.95. The van der Waals surface area contributed by atoms with Gasteiger partial charge in [-0.25, -0.2) is 18.2 Å². The summed E-state index contributed by atoms with van der Waals surface area (Å²) in [7, 11) is 0. The van der Waals surface area contributed by atoms with Crippen LogP contribution in [0.2, 0.25) is 5.02 Å². The number of halogens is 5. The van der Waals surface area contributed by atoms with Crippen LogP contribution in [0.5, 0.6) is 0 Å². The molecule has 1 rings (SSSR count).